The van der Waals surface area contributed by atoms with E-state index in [-0.39, 0.29) is 5.91 Å². The number of carbonyl (C=O) groups excluding carboxylic acids is 1. The third-order valence-corrected chi connectivity index (χ3v) is 1.18. The first-order chi connectivity index (χ1) is 7.66. The molecule has 0 aromatic heterocycles. The zero-order valence-electron chi connectivity index (χ0n) is 11.3. The number of aliphatic imine (C=N–C) groups is 1. The third-order valence-electron chi connectivity index (χ3n) is 1.18. The molecule has 0 aliphatic rings. The SMILES string of the molecule is C=CN=CC(=C)CCNC(C)=O.CC.CC. The molecule has 0 aromatic rings. The van der Waals surface area contributed by atoms with Crippen LogP contribution in [0.1, 0.15) is 41.0 Å². The van der Waals surface area contributed by atoms with Gasteiger partial charge >= 0.3 is 0 Å². The van der Waals surface area contributed by atoms with Crippen LogP contribution in [-0.4, -0.2) is 18.7 Å². The molecular formula is C13H26N2O. The first kappa shape index (κ1) is 20.1. The van der Waals surface area contributed by atoms with E-state index >= 15 is 0 Å². The summed E-state index contributed by atoms with van der Waals surface area (Å²) < 4.78 is 0. The van der Waals surface area contributed by atoms with E-state index in [2.05, 4.69) is 23.5 Å². The molecule has 0 aromatic carbocycles. The van der Waals surface area contributed by atoms with E-state index in [0.717, 1.165) is 12.0 Å². The van der Waals surface area contributed by atoms with E-state index in [0.29, 0.717) is 6.54 Å². The molecule has 0 fully saturated rings. The number of rotatable bonds is 5. The molecule has 0 unspecified atom stereocenters. The van der Waals surface area contributed by atoms with Crippen molar-refractivity contribution in [3.63, 3.8) is 0 Å². The van der Waals surface area contributed by atoms with Crippen LogP contribution in [0.4, 0.5) is 0 Å². The lowest BCUT2D eigenvalue weighted by Gasteiger charge is -1.99. The molecule has 0 bridgehead atoms. The molecule has 0 saturated carbocycles. The predicted octanol–water partition coefficient (Wildman–Crippen LogP) is 3.34. The number of nitrogens with one attached hydrogen (secondary N) is 1. The molecule has 3 nitrogen and oxygen atoms in total. The normalized spacial score (nSPS) is 8.06. The zero-order valence-corrected chi connectivity index (χ0v) is 11.3. The highest BCUT2D eigenvalue weighted by atomic mass is 16.1. The fourth-order valence-electron chi connectivity index (χ4n) is 0.622. The second-order valence-electron chi connectivity index (χ2n) is 2.35. The Balaban J connectivity index is -0.000000376. The van der Waals surface area contributed by atoms with Crippen molar-refractivity contribution in [3.8, 4) is 0 Å². The third kappa shape index (κ3) is 22.9. The minimum Gasteiger partial charge on any atom is -0.356 e. The highest BCUT2D eigenvalue weighted by Crippen LogP contribution is 1.91. The van der Waals surface area contributed by atoms with Crippen molar-refractivity contribution < 1.29 is 4.79 Å². The summed E-state index contributed by atoms with van der Waals surface area (Å²) in [7, 11) is 0. The Hall–Kier alpha value is -1.38. The molecule has 0 heterocycles. The van der Waals surface area contributed by atoms with E-state index in [4.69, 9.17) is 0 Å². The van der Waals surface area contributed by atoms with Gasteiger partial charge in [-0.3, -0.25) is 9.79 Å². The monoisotopic (exact) mass is 226 g/mol. The summed E-state index contributed by atoms with van der Waals surface area (Å²) in [5.74, 6) is -0.0246. The molecule has 0 saturated heterocycles. The highest BCUT2D eigenvalue weighted by molar-refractivity contribution is 5.78. The zero-order chi connectivity index (χ0) is 13.4. The van der Waals surface area contributed by atoms with E-state index in [9.17, 15) is 4.79 Å². The number of hydrogen-bond acceptors (Lipinski definition) is 2. The Kier molecular flexibility index (Phi) is 24.1. The first-order valence-electron chi connectivity index (χ1n) is 5.73. The second-order valence-corrected chi connectivity index (χ2v) is 2.35. The van der Waals surface area contributed by atoms with Gasteiger partial charge in [0.2, 0.25) is 5.91 Å². The van der Waals surface area contributed by atoms with Crippen LogP contribution in [0.25, 0.3) is 0 Å². The quantitative estimate of drug-likeness (QED) is 0.718. The van der Waals surface area contributed by atoms with Crippen molar-refractivity contribution in [1.82, 2.24) is 5.32 Å². The lowest BCUT2D eigenvalue weighted by molar-refractivity contribution is -0.118. The molecule has 0 aliphatic carbocycles. The van der Waals surface area contributed by atoms with Crippen LogP contribution >= 0.6 is 0 Å². The molecule has 0 atom stereocenters. The minimum absolute atomic E-state index is 0.0246. The molecule has 94 valence electrons. The van der Waals surface area contributed by atoms with Crippen LogP contribution in [0.15, 0.2) is 29.9 Å². The molecule has 3 heteroatoms. The predicted molar refractivity (Wildman–Crippen MR) is 73.8 cm³/mol. The Labute approximate surface area is 100 Å². The van der Waals surface area contributed by atoms with Gasteiger partial charge in [0.15, 0.2) is 0 Å². The summed E-state index contributed by atoms with van der Waals surface area (Å²) >= 11 is 0. The molecular weight excluding hydrogens is 200 g/mol. The first-order valence-corrected chi connectivity index (χ1v) is 5.73. The van der Waals surface area contributed by atoms with Crippen molar-refractivity contribution in [2.24, 2.45) is 4.99 Å². The van der Waals surface area contributed by atoms with Crippen LogP contribution in [-0.2, 0) is 4.79 Å². The van der Waals surface area contributed by atoms with E-state index < -0.39 is 0 Å². The molecule has 0 rings (SSSR count). The lowest BCUT2D eigenvalue weighted by atomic mass is 10.2. The number of carbonyl (C=O) groups is 1. The van der Waals surface area contributed by atoms with Gasteiger partial charge in [-0.15, -0.1) is 0 Å². The number of amides is 1. The van der Waals surface area contributed by atoms with Crippen molar-refractivity contribution in [2.45, 2.75) is 41.0 Å². The van der Waals surface area contributed by atoms with Gasteiger partial charge in [0.25, 0.3) is 0 Å². The maximum atomic E-state index is 10.4. The molecule has 1 amide bonds. The summed E-state index contributed by atoms with van der Waals surface area (Å²) in [5.41, 5.74) is 0.878. The van der Waals surface area contributed by atoms with Crippen molar-refractivity contribution in [2.75, 3.05) is 6.54 Å². The minimum atomic E-state index is -0.0246. The van der Waals surface area contributed by atoms with Gasteiger partial charge in [-0.1, -0.05) is 40.9 Å². The van der Waals surface area contributed by atoms with Crippen molar-refractivity contribution in [3.05, 3.63) is 24.9 Å². The van der Waals surface area contributed by atoms with Crippen molar-refractivity contribution >= 4 is 12.1 Å². The highest BCUT2D eigenvalue weighted by Gasteiger charge is 1.91. The lowest BCUT2D eigenvalue weighted by Crippen LogP contribution is -2.21. The fraction of sp³-hybridized carbons (Fsp3) is 0.538. The largest absolute Gasteiger partial charge is 0.356 e. The van der Waals surface area contributed by atoms with Gasteiger partial charge < -0.3 is 5.32 Å². The maximum Gasteiger partial charge on any atom is 0.216 e. The Morgan fingerprint density at radius 2 is 1.81 bits per heavy atom. The second kappa shape index (κ2) is 19.2. The summed E-state index contributed by atoms with van der Waals surface area (Å²) in [6, 6.07) is 0. The van der Waals surface area contributed by atoms with E-state index in [1.165, 1.54) is 13.1 Å². The van der Waals surface area contributed by atoms with Crippen LogP contribution < -0.4 is 5.32 Å². The summed E-state index contributed by atoms with van der Waals surface area (Å²) in [4.78, 5) is 14.2. The average molecular weight is 226 g/mol. The molecule has 16 heavy (non-hydrogen) atoms. The van der Waals surface area contributed by atoms with Crippen LogP contribution in [0.5, 0.6) is 0 Å². The van der Waals surface area contributed by atoms with Gasteiger partial charge in [-0.25, -0.2) is 0 Å². The summed E-state index contributed by atoms with van der Waals surface area (Å²) in [6.07, 6.45) is 3.80. The number of nitrogens with zero attached hydrogens (tertiary/aromatic N) is 1. The summed E-state index contributed by atoms with van der Waals surface area (Å²) in [5, 5.41) is 2.67. The molecule has 0 radical (unpaired) electrons. The van der Waals surface area contributed by atoms with Gasteiger partial charge in [-0.2, -0.15) is 0 Å². The smallest absolute Gasteiger partial charge is 0.216 e. The topological polar surface area (TPSA) is 41.5 Å². The van der Waals surface area contributed by atoms with Gasteiger partial charge in [-0.05, 0) is 12.0 Å². The van der Waals surface area contributed by atoms with E-state index in [1.54, 1.807) is 6.21 Å². The van der Waals surface area contributed by atoms with Crippen LogP contribution in [0.3, 0.4) is 0 Å². The molecule has 1 N–H and O–H groups in total. The average Bonchev–Trinajstić information content (AvgIpc) is 2.31. The molecule has 0 aliphatic heterocycles. The van der Waals surface area contributed by atoms with Gasteiger partial charge in [0.05, 0.1) is 0 Å². The maximum absolute atomic E-state index is 10.4. The van der Waals surface area contributed by atoms with Crippen LogP contribution in [0.2, 0.25) is 0 Å². The number of hydrogen-bond donors (Lipinski definition) is 1. The summed E-state index contributed by atoms with van der Waals surface area (Å²) in [6.45, 7) is 17.3. The van der Waals surface area contributed by atoms with Crippen LogP contribution in [0, 0.1) is 0 Å². The van der Waals surface area contributed by atoms with Crippen molar-refractivity contribution in [1.29, 1.82) is 0 Å². The molecule has 0 spiro atoms. The Bertz CT molecular complexity index is 208. The fourth-order valence-corrected chi connectivity index (χ4v) is 0.622. The van der Waals surface area contributed by atoms with Gasteiger partial charge in [0, 0.05) is 25.9 Å². The standard InChI is InChI=1S/C9H14N2O.2C2H6/c1-4-10-7-8(2)5-6-11-9(3)12;2*1-2/h4,7H,1-2,5-6H2,3H3,(H,11,12);2*1-2H3. The van der Waals surface area contributed by atoms with E-state index in [1.807, 2.05) is 27.7 Å². The van der Waals surface area contributed by atoms with Gasteiger partial charge in [0.1, 0.15) is 0 Å². The Morgan fingerprint density at radius 3 is 2.19 bits per heavy atom. The Morgan fingerprint density at radius 1 is 1.31 bits per heavy atom.